The predicted molar refractivity (Wildman–Crippen MR) is 95.3 cm³/mol. The van der Waals surface area contributed by atoms with Crippen molar-refractivity contribution in [1.29, 1.82) is 0 Å². The van der Waals surface area contributed by atoms with Gasteiger partial charge in [0, 0.05) is 10.7 Å². The third-order valence-electron chi connectivity index (χ3n) is 3.58. The summed E-state index contributed by atoms with van der Waals surface area (Å²) < 4.78 is 5.74. The zero-order chi connectivity index (χ0) is 16.8. The summed E-state index contributed by atoms with van der Waals surface area (Å²) >= 11 is 5.94. The zero-order valence-electron chi connectivity index (χ0n) is 13.7. The van der Waals surface area contributed by atoms with Gasteiger partial charge >= 0.3 is 0 Å². The van der Waals surface area contributed by atoms with Crippen LogP contribution in [-0.2, 0) is 4.79 Å². The Bertz CT molecular complexity index is 653. The van der Waals surface area contributed by atoms with Crippen LogP contribution in [0.15, 0.2) is 48.5 Å². The van der Waals surface area contributed by atoms with Crippen LogP contribution < -0.4 is 10.1 Å². The molecule has 1 N–H and O–H groups in total. The SMILES string of the molecule is CCC(Oc1cccc(Cl)c1)C(=O)Nc1ccc(C(C)C)cc1. The summed E-state index contributed by atoms with van der Waals surface area (Å²) in [5.41, 5.74) is 2.01. The van der Waals surface area contributed by atoms with Crippen molar-refractivity contribution in [2.24, 2.45) is 0 Å². The van der Waals surface area contributed by atoms with Gasteiger partial charge < -0.3 is 10.1 Å². The molecular weight excluding hydrogens is 310 g/mol. The lowest BCUT2D eigenvalue weighted by atomic mass is 10.0. The summed E-state index contributed by atoms with van der Waals surface area (Å²) in [6.07, 6.45) is 0.0147. The van der Waals surface area contributed by atoms with Crippen molar-refractivity contribution in [3.8, 4) is 5.75 Å². The van der Waals surface area contributed by atoms with Gasteiger partial charge in [-0.3, -0.25) is 4.79 Å². The lowest BCUT2D eigenvalue weighted by molar-refractivity contribution is -0.122. The van der Waals surface area contributed by atoms with E-state index in [2.05, 4.69) is 19.2 Å². The number of carbonyl (C=O) groups is 1. The lowest BCUT2D eigenvalue weighted by Gasteiger charge is -2.17. The van der Waals surface area contributed by atoms with Crippen LogP contribution in [0, 0.1) is 0 Å². The maximum absolute atomic E-state index is 12.4. The van der Waals surface area contributed by atoms with Gasteiger partial charge in [-0.25, -0.2) is 0 Å². The van der Waals surface area contributed by atoms with Crippen LogP contribution in [0.5, 0.6) is 5.75 Å². The monoisotopic (exact) mass is 331 g/mol. The van der Waals surface area contributed by atoms with E-state index < -0.39 is 6.10 Å². The van der Waals surface area contributed by atoms with Crippen molar-refractivity contribution in [3.63, 3.8) is 0 Å². The van der Waals surface area contributed by atoms with Crippen LogP contribution in [0.1, 0.15) is 38.7 Å². The first-order valence-electron chi connectivity index (χ1n) is 7.82. The molecule has 0 heterocycles. The molecule has 2 aromatic carbocycles. The van der Waals surface area contributed by atoms with Crippen LogP contribution in [0.25, 0.3) is 0 Å². The molecule has 0 radical (unpaired) electrons. The van der Waals surface area contributed by atoms with E-state index >= 15 is 0 Å². The van der Waals surface area contributed by atoms with Gasteiger partial charge in [-0.15, -0.1) is 0 Å². The minimum absolute atomic E-state index is 0.162. The molecule has 0 aliphatic heterocycles. The lowest BCUT2D eigenvalue weighted by Crippen LogP contribution is -2.32. The maximum atomic E-state index is 12.4. The topological polar surface area (TPSA) is 38.3 Å². The van der Waals surface area contributed by atoms with Crippen LogP contribution in [0.4, 0.5) is 5.69 Å². The molecule has 0 bridgehead atoms. The normalized spacial score (nSPS) is 12.0. The molecule has 0 aliphatic carbocycles. The molecule has 0 fully saturated rings. The quantitative estimate of drug-likeness (QED) is 0.784. The molecule has 1 amide bonds. The molecule has 0 aromatic heterocycles. The fourth-order valence-electron chi connectivity index (χ4n) is 2.20. The molecule has 23 heavy (non-hydrogen) atoms. The van der Waals surface area contributed by atoms with Gasteiger partial charge in [0.2, 0.25) is 0 Å². The Labute approximate surface area is 142 Å². The Morgan fingerprint density at radius 2 is 1.87 bits per heavy atom. The highest BCUT2D eigenvalue weighted by Crippen LogP contribution is 2.21. The number of hydrogen-bond donors (Lipinski definition) is 1. The number of anilines is 1. The highest BCUT2D eigenvalue weighted by Gasteiger charge is 2.18. The molecule has 122 valence electrons. The highest BCUT2D eigenvalue weighted by atomic mass is 35.5. The molecule has 0 aliphatic rings. The molecular formula is C19H22ClNO2. The number of ether oxygens (including phenoxy) is 1. The summed E-state index contributed by atoms with van der Waals surface area (Å²) in [4.78, 5) is 12.4. The molecule has 0 spiro atoms. The summed E-state index contributed by atoms with van der Waals surface area (Å²) in [7, 11) is 0. The van der Waals surface area contributed by atoms with Gasteiger partial charge in [0.1, 0.15) is 5.75 Å². The number of halogens is 1. The number of amides is 1. The van der Waals surface area contributed by atoms with E-state index in [1.54, 1.807) is 24.3 Å². The Morgan fingerprint density at radius 1 is 1.17 bits per heavy atom. The summed E-state index contributed by atoms with van der Waals surface area (Å²) in [6, 6.07) is 14.9. The van der Waals surface area contributed by atoms with E-state index in [1.807, 2.05) is 31.2 Å². The minimum Gasteiger partial charge on any atom is -0.481 e. The minimum atomic E-state index is -0.557. The van der Waals surface area contributed by atoms with Crippen molar-refractivity contribution in [2.45, 2.75) is 39.2 Å². The Hall–Kier alpha value is -2.00. The third kappa shape index (κ3) is 5.00. The van der Waals surface area contributed by atoms with Gasteiger partial charge in [-0.1, -0.05) is 50.6 Å². The second-order valence-corrected chi connectivity index (χ2v) is 6.17. The fourth-order valence-corrected chi connectivity index (χ4v) is 2.38. The predicted octanol–water partition coefficient (Wildman–Crippen LogP) is 5.26. The highest BCUT2D eigenvalue weighted by molar-refractivity contribution is 6.30. The van der Waals surface area contributed by atoms with Crippen LogP contribution in [-0.4, -0.2) is 12.0 Å². The first kappa shape index (κ1) is 17.4. The van der Waals surface area contributed by atoms with Crippen LogP contribution in [0.3, 0.4) is 0 Å². The van der Waals surface area contributed by atoms with Gasteiger partial charge in [-0.2, -0.15) is 0 Å². The van der Waals surface area contributed by atoms with E-state index in [4.69, 9.17) is 16.3 Å². The average molecular weight is 332 g/mol. The first-order valence-corrected chi connectivity index (χ1v) is 8.20. The van der Waals surface area contributed by atoms with Crippen molar-refractivity contribution in [3.05, 3.63) is 59.1 Å². The Kier molecular flexibility index (Phi) is 6.05. The second-order valence-electron chi connectivity index (χ2n) is 5.74. The zero-order valence-corrected chi connectivity index (χ0v) is 14.4. The Morgan fingerprint density at radius 3 is 2.43 bits per heavy atom. The largest absolute Gasteiger partial charge is 0.481 e. The van der Waals surface area contributed by atoms with Crippen molar-refractivity contribution < 1.29 is 9.53 Å². The molecule has 0 saturated heterocycles. The standard InChI is InChI=1S/C19H22ClNO2/c1-4-18(23-17-7-5-6-15(20)12-17)19(22)21-16-10-8-14(9-11-16)13(2)3/h5-13,18H,4H2,1-3H3,(H,21,22). The van der Waals surface area contributed by atoms with Gasteiger partial charge in [0.05, 0.1) is 0 Å². The molecule has 1 unspecified atom stereocenters. The molecule has 2 rings (SSSR count). The smallest absolute Gasteiger partial charge is 0.265 e. The number of hydrogen-bond acceptors (Lipinski definition) is 2. The van der Waals surface area contributed by atoms with Gasteiger partial charge in [0.15, 0.2) is 6.10 Å². The fraction of sp³-hybridized carbons (Fsp3) is 0.316. The third-order valence-corrected chi connectivity index (χ3v) is 3.82. The van der Waals surface area contributed by atoms with Gasteiger partial charge in [-0.05, 0) is 48.2 Å². The van der Waals surface area contributed by atoms with E-state index in [0.29, 0.717) is 23.1 Å². The van der Waals surface area contributed by atoms with E-state index in [1.165, 1.54) is 5.56 Å². The molecule has 0 saturated carbocycles. The molecule has 2 aromatic rings. The van der Waals surface area contributed by atoms with Crippen molar-refractivity contribution in [1.82, 2.24) is 0 Å². The van der Waals surface area contributed by atoms with E-state index in [0.717, 1.165) is 5.69 Å². The number of nitrogens with one attached hydrogen (secondary N) is 1. The van der Waals surface area contributed by atoms with Crippen molar-refractivity contribution in [2.75, 3.05) is 5.32 Å². The molecule has 1 atom stereocenters. The Balaban J connectivity index is 2.02. The second kappa shape index (κ2) is 8.02. The van der Waals surface area contributed by atoms with Crippen LogP contribution >= 0.6 is 11.6 Å². The molecule has 4 heteroatoms. The molecule has 3 nitrogen and oxygen atoms in total. The summed E-state index contributed by atoms with van der Waals surface area (Å²) in [5.74, 6) is 0.897. The average Bonchev–Trinajstić information content (AvgIpc) is 2.53. The first-order chi connectivity index (χ1) is 11.0. The number of benzene rings is 2. The summed E-state index contributed by atoms with van der Waals surface area (Å²) in [5, 5.41) is 3.48. The van der Waals surface area contributed by atoms with Crippen molar-refractivity contribution >= 4 is 23.2 Å². The number of carbonyl (C=O) groups excluding carboxylic acids is 1. The van der Waals surface area contributed by atoms with Crippen LogP contribution in [0.2, 0.25) is 5.02 Å². The van der Waals surface area contributed by atoms with E-state index in [-0.39, 0.29) is 5.91 Å². The van der Waals surface area contributed by atoms with Gasteiger partial charge in [0.25, 0.3) is 5.91 Å². The van der Waals surface area contributed by atoms with E-state index in [9.17, 15) is 4.79 Å². The number of rotatable bonds is 6. The maximum Gasteiger partial charge on any atom is 0.265 e. The summed E-state index contributed by atoms with van der Waals surface area (Å²) in [6.45, 7) is 6.19.